The quantitative estimate of drug-likeness (QED) is 0.448. The Bertz CT molecular complexity index is 91.1. The highest BCUT2D eigenvalue weighted by Gasteiger charge is 2.35. The summed E-state index contributed by atoms with van der Waals surface area (Å²) in [6, 6.07) is 0.888. The van der Waals surface area contributed by atoms with Crippen LogP contribution in [0.2, 0.25) is 0 Å². The predicted octanol–water partition coefficient (Wildman–Crippen LogP) is -0.108. The molecule has 2 aliphatic heterocycles. The molecule has 51 valence electrons. The molecule has 0 bridgehead atoms. The fourth-order valence-corrected chi connectivity index (χ4v) is 1.91. The summed E-state index contributed by atoms with van der Waals surface area (Å²) in [5.74, 6) is 0. The number of rotatable bonds is 0. The first kappa shape index (κ1) is 5.69. The zero-order chi connectivity index (χ0) is 6.10. The molecule has 1 unspecified atom stereocenters. The third-order valence-electron chi connectivity index (χ3n) is 2.45. The van der Waals surface area contributed by atoms with Gasteiger partial charge in [0.25, 0.3) is 0 Å². The summed E-state index contributed by atoms with van der Waals surface area (Å²) >= 11 is 0. The highest BCUT2D eigenvalue weighted by molar-refractivity contribution is 4.88. The normalized spacial score (nSPS) is 36.7. The molecule has 1 N–H and O–H groups in total. The first-order valence-corrected chi connectivity index (χ1v) is 3.91. The van der Waals surface area contributed by atoms with Gasteiger partial charge in [-0.2, -0.15) is 4.90 Å². The van der Waals surface area contributed by atoms with E-state index in [9.17, 15) is 0 Å². The van der Waals surface area contributed by atoms with Crippen molar-refractivity contribution in [2.45, 2.75) is 18.9 Å². The van der Waals surface area contributed by atoms with Crippen molar-refractivity contribution in [3.63, 3.8) is 0 Å². The molecule has 2 rings (SSSR count). The lowest BCUT2D eigenvalue weighted by molar-refractivity contribution is 0.319. The van der Waals surface area contributed by atoms with E-state index in [1.165, 1.54) is 39.0 Å². The molecule has 0 aromatic carbocycles. The van der Waals surface area contributed by atoms with E-state index in [0.717, 1.165) is 6.04 Å². The highest BCUT2D eigenvalue weighted by atomic mass is 15.2. The summed E-state index contributed by atoms with van der Waals surface area (Å²) in [6.07, 6.45) is 2.85. The molecule has 0 spiro atoms. The van der Waals surface area contributed by atoms with Crippen LogP contribution in [0.5, 0.6) is 0 Å². The summed E-state index contributed by atoms with van der Waals surface area (Å²) in [4.78, 5) is 2.61. The van der Waals surface area contributed by atoms with Gasteiger partial charge in [0.05, 0.1) is 6.54 Å². The van der Waals surface area contributed by atoms with E-state index in [1.807, 2.05) is 0 Å². The number of fused-ring (bicyclic) bond motifs is 1. The van der Waals surface area contributed by atoms with Gasteiger partial charge in [0.1, 0.15) is 19.1 Å². The molecular formula is C7H14N2+. The smallest absolute Gasteiger partial charge is 0.145 e. The van der Waals surface area contributed by atoms with Gasteiger partial charge in [-0.05, 0) is 0 Å². The molecule has 1 radical (unpaired) electrons. The Morgan fingerprint density at radius 2 is 2.33 bits per heavy atom. The van der Waals surface area contributed by atoms with Crippen LogP contribution in [0, 0.1) is 0 Å². The van der Waals surface area contributed by atoms with Crippen molar-refractivity contribution >= 4 is 0 Å². The number of nitrogens with zero attached hydrogens (tertiary/aromatic N) is 1. The zero-order valence-corrected chi connectivity index (χ0v) is 5.77. The molecule has 2 saturated heterocycles. The summed E-state index contributed by atoms with van der Waals surface area (Å²) in [5, 5.41) is 3.41. The summed E-state index contributed by atoms with van der Waals surface area (Å²) in [7, 11) is 0. The fourth-order valence-electron chi connectivity index (χ4n) is 1.91. The van der Waals surface area contributed by atoms with Crippen molar-refractivity contribution in [1.29, 1.82) is 0 Å². The molecule has 2 fully saturated rings. The van der Waals surface area contributed by atoms with Crippen molar-refractivity contribution in [3.05, 3.63) is 0 Å². The average Bonchev–Trinajstić information content (AvgIpc) is 2.33. The van der Waals surface area contributed by atoms with Gasteiger partial charge in [-0.25, -0.2) is 0 Å². The lowest BCUT2D eigenvalue weighted by atomic mass is 10.2. The number of hydrogen-bond acceptors (Lipinski definition) is 2. The second-order valence-corrected chi connectivity index (χ2v) is 3.04. The number of hydrogen-bond donors (Lipinski definition) is 1. The van der Waals surface area contributed by atoms with Crippen molar-refractivity contribution in [3.8, 4) is 0 Å². The highest BCUT2D eigenvalue weighted by Crippen LogP contribution is 2.14. The zero-order valence-electron chi connectivity index (χ0n) is 5.77. The number of nitrogens with one attached hydrogen (secondary N) is 1. The standard InChI is InChI=1S/C7H14N2/c1-2-7-6-8-3-5-9(7)4-1/h7-8H,1-6H2/q+1. The van der Waals surface area contributed by atoms with E-state index in [2.05, 4.69) is 10.2 Å². The van der Waals surface area contributed by atoms with E-state index in [1.54, 1.807) is 0 Å². The number of piperazine rings is 1. The summed E-state index contributed by atoms with van der Waals surface area (Å²) < 4.78 is 0. The molecule has 2 heterocycles. The minimum Gasteiger partial charge on any atom is -0.306 e. The van der Waals surface area contributed by atoms with Gasteiger partial charge >= 0.3 is 0 Å². The van der Waals surface area contributed by atoms with E-state index in [4.69, 9.17) is 0 Å². The Balaban J connectivity index is 1.97. The Labute approximate surface area is 56.2 Å². The van der Waals surface area contributed by atoms with Gasteiger partial charge in [0, 0.05) is 19.4 Å². The largest absolute Gasteiger partial charge is 0.306 e. The Morgan fingerprint density at radius 3 is 3.22 bits per heavy atom. The van der Waals surface area contributed by atoms with Crippen LogP contribution >= 0.6 is 0 Å². The first-order valence-electron chi connectivity index (χ1n) is 3.91. The van der Waals surface area contributed by atoms with E-state index in [0.29, 0.717) is 0 Å². The van der Waals surface area contributed by atoms with Gasteiger partial charge in [-0.3, -0.25) is 0 Å². The maximum absolute atomic E-state index is 3.41. The average molecular weight is 126 g/mol. The topological polar surface area (TPSA) is 17.9 Å². The van der Waals surface area contributed by atoms with Crippen LogP contribution in [0.1, 0.15) is 12.8 Å². The molecule has 2 aliphatic rings. The second-order valence-electron chi connectivity index (χ2n) is 3.04. The molecule has 0 aliphatic carbocycles. The Hall–Kier alpha value is -0.0800. The van der Waals surface area contributed by atoms with Gasteiger partial charge in [0.2, 0.25) is 0 Å². The van der Waals surface area contributed by atoms with E-state index in [-0.39, 0.29) is 0 Å². The summed E-state index contributed by atoms with van der Waals surface area (Å²) in [6.45, 7) is 5.08. The van der Waals surface area contributed by atoms with Gasteiger partial charge < -0.3 is 5.32 Å². The predicted molar refractivity (Wildman–Crippen MR) is 37.8 cm³/mol. The Morgan fingerprint density at radius 1 is 1.33 bits per heavy atom. The molecule has 2 nitrogen and oxygen atoms in total. The SMILES string of the molecule is C1CC2CNCC[N+]2C1. The van der Waals surface area contributed by atoms with Crippen LogP contribution in [0.25, 0.3) is 0 Å². The maximum Gasteiger partial charge on any atom is 0.145 e. The molecule has 0 saturated carbocycles. The van der Waals surface area contributed by atoms with E-state index >= 15 is 0 Å². The van der Waals surface area contributed by atoms with Crippen molar-refractivity contribution < 1.29 is 0 Å². The van der Waals surface area contributed by atoms with Crippen LogP contribution in [-0.2, 0) is 0 Å². The minimum atomic E-state index is 0.888. The van der Waals surface area contributed by atoms with Crippen LogP contribution < -0.4 is 10.2 Å². The van der Waals surface area contributed by atoms with Gasteiger partial charge in [-0.15, -0.1) is 0 Å². The van der Waals surface area contributed by atoms with Crippen LogP contribution in [0.4, 0.5) is 0 Å². The molecular weight excluding hydrogens is 112 g/mol. The lowest BCUT2D eigenvalue weighted by Gasteiger charge is -2.20. The lowest BCUT2D eigenvalue weighted by Crippen LogP contribution is -2.51. The second kappa shape index (κ2) is 2.27. The Kier molecular flexibility index (Phi) is 1.44. The van der Waals surface area contributed by atoms with Crippen molar-refractivity contribution in [2.75, 3.05) is 26.2 Å². The third kappa shape index (κ3) is 0.970. The van der Waals surface area contributed by atoms with Gasteiger partial charge in [-0.1, -0.05) is 0 Å². The first-order chi connectivity index (χ1) is 4.47. The van der Waals surface area contributed by atoms with Crippen molar-refractivity contribution in [1.82, 2.24) is 10.2 Å². The molecule has 0 amide bonds. The molecule has 0 aromatic rings. The maximum atomic E-state index is 3.41. The van der Waals surface area contributed by atoms with Crippen molar-refractivity contribution in [2.24, 2.45) is 0 Å². The van der Waals surface area contributed by atoms with Crippen LogP contribution in [-0.4, -0.2) is 32.2 Å². The molecule has 1 atom stereocenters. The van der Waals surface area contributed by atoms with Gasteiger partial charge in [0.15, 0.2) is 0 Å². The fraction of sp³-hybridized carbons (Fsp3) is 1.00. The monoisotopic (exact) mass is 126 g/mol. The molecule has 2 heteroatoms. The molecule has 0 aromatic heterocycles. The third-order valence-corrected chi connectivity index (χ3v) is 2.45. The van der Waals surface area contributed by atoms with Crippen LogP contribution in [0.15, 0.2) is 0 Å². The molecule has 9 heavy (non-hydrogen) atoms. The summed E-state index contributed by atoms with van der Waals surface area (Å²) in [5.41, 5.74) is 0. The minimum absolute atomic E-state index is 0.888. The van der Waals surface area contributed by atoms with Crippen LogP contribution in [0.3, 0.4) is 0 Å². The van der Waals surface area contributed by atoms with E-state index < -0.39 is 0 Å².